The van der Waals surface area contributed by atoms with Gasteiger partial charge in [0.25, 0.3) is 0 Å². The Morgan fingerprint density at radius 1 is 1.30 bits per heavy atom. The number of fused-ring (bicyclic) bond motifs is 3. The van der Waals surface area contributed by atoms with Gasteiger partial charge in [-0.05, 0) is 49.8 Å². The molecule has 0 saturated carbocycles. The van der Waals surface area contributed by atoms with Crippen molar-refractivity contribution in [2.45, 2.75) is 45.2 Å². The number of H-pyrrole nitrogens is 1. The number of nitrogens with one attached hydrogen (secondary N) is 2. The largest absolute Gasteiger partial charge is 0.358 e. The van der Waals surface area contributed by atoms with Crippen molar-refractivity contribution in [3.63, 3.8) is 0 Å². The number of sulfonamides is 1. The van der Waals surface area contributed by atoms with Crippen molar-refractivity contribution < 1.29 is 13.2 Å². The van der Waals surface area contributed by atoms with Crippen LogP contribution in [0.5, 0.6) is 0 Å². The fraction of sp³-hybridized carbons (Fsp3) is 0.450. The minimum Gasteiger partial charge on any atom is -0.358 e. The highest BCUT2D eigenvalue weighted by molar-refractivity contribution is 7.88. The highest BCUT2D eigenvalue weighted by Crippen LogP contribution is 2.31. The van der Waals surface area contributed by atoms with E-state index in [2.05, 4.69) is 29.4 Å². The van der Waals surface area contributed by atoms with E-state index in [0.29, 0.717) is 6.54 Å². The van der Waals surface area contributed by atoms with Crippen LogP contribution in [0, 0.1) is 6.92 Å². The van der Waals surface area contributed by atoms with Crippen LogP contribution >= 0.6 is 0 Å². The summed E-state index contributed by atoms with van der Waals surface area (Å²) in [5.74, 6) is -0.292. The molecule has 0 bridgehead atoms. The Morgan fingerprint density at radius 2 is 2.07 bits per heavy atom. The number of hydrogen-bond donors (Lipinski definition) is 2. The molecule has 7 heteroatoms. The van der Waals surface area contributed by atoms with Gasteiger partial charge in [0, 0.05) is 24.2 Å². The Kier molecular flexibility index (Phi) is 4.60. The average Bonchev–Trinajstić information content (AvgIpc) is 3.24. The SMILES string of the molecule is Cc1cc(CNC(=O)[C@H]2C=CCN2S(C)(=O)=O)c2[nH]c3c(c2c1)CCCC3. The molecule has 4 rings (SSSR count). The minimum atomic E-state index is -3.42. The first kappa shape index (κ1) is 18.3. The highest BCUT2D eigenvalue weighted by Gasteiger charge is 2.32. The summed E-state index contributed by atoms with van der Waals surface area (Å²) in [6.07, 6.45) is 9.10. The molecule has 0 saturated heterocycles. The first-order valence-electron chi connectivity index (χ1n) is 9.39. The zero-order chi connectivity index (χ0) is 19.2. The zero-order valence-electron chi connectivity index (χ0n) is 15.7. The molecular formula is C20H25N3O3S. The van der Waals surface area contributed by atoms with Gasteiger partial charge in [-0.1, -0.05) is 23.8 Å². The van der Waals surface area contributed by atoms with E-state index in [1.807, 2.05) is 0 Å². The predicted molar refractivity (Wildman–Crippen MR) is 106 cm³/mol. The van der Waals surface area contributed by atoms with Crippen molar-refractivity contribution in [3.8, 4) is 0 Å². The average molecular weight is 388 g/mol. The molecule has 0 unspecified atom stereocenters. The lowest BCUT2D eigenvalue weighted by Gasteiger charge is -2.21. The normalized spacial score (nSPS) is 20.1. The summed E-state index contributed by atoms with van der Waals surface area (Å²) in [6.45, 7) is 2.69. The molecule has 2 aromatic rings. The van der Waals surface area contributed by atoms with Gasteiger partial charge in [0.15, 0.2) is 0 Å². The van der Waals surface area contributed by atoms with Gasteiger partial charge in [0.1, 0.15) is 6.04 Å². The summed E-state index contributed by atoms with van der Waals surface area (Å²) in [6, 6.07) is 3.53. The molecule has 2 aliphatic rings. The summed E-state index contributed by atoms with van der Waals surface area (Å²) in [4.78, 5) is 16.2. The summed E-state index contributed by atoms with van der Waals surface area (Å²) in [5.41, 5.74) is 6.03. The van der Waals surface area contributed by atoms with Gasteiger partial charge < -0.3 is 10.3 Å². The maximum absolute atomic E-state index is 12.6. The topological polar surface area (TPSA) is 82.3 Å². The molecular weight excluding hydrogens is 362 g/mol. The van der Waals surface area contributed by atoms with E-state index in [1.165, 1.54) is 33.8 Å². The van der Waals surface area contributed by atoms with E-state index < -0.39 is 16.1 Å². The van der Waals surface area contributed by atoms with Crippen molar-refractivity contribution in [1.82, 2.24) is 14.6 Å². The van der Waals surface area contributed by atoms with Gasteiger partial charge >= 0.3 is 0 Å². The predicted octanol–water partition coefficient (Wildman–Crippen LogP) is 2.17. The Bertz CT molecular complexity index is 1040. The summed E-state index contributed by atoms with van der Waals surface area (Å²) >= 11 is 0. The lowest BCUT2D eigenvalue weighted by Crippen LogP contribution is -2.45. The summed E-state index contributed by atoms with van der Waals surface area (Å²) in [7, 11) is -3.42. The van der Waals surface area contributed by atoms with Gasteiger partial charge in [-0.3, -0.25) is 4.79 Å². The number of aryl methyl sites for hydroxylation is 3. The van der Waals surface area contributed by atoms with Crippen LogP contribution in [0.4, 0.5) is 0 Å². The first-order valence-corrected chi connectivity index (χ1v) is 11.2. The fourth-order valence-electron chi connectivity index (χ4n) is 4.23. The van der Waals surface area contributed by atoms with E-state index in [9.17, 15) is 13.2 Å². The molecule has 1 aliphatic carbocycles. The van der Waals surface area contributed by atoms with Crippen LogP contribution in [0.2, 0.25) is 0 Å². The van der Waals surface area contributed by atoms with Crippen LogP contribution in [0.3, 0.4) is 0 Å². The van der Waals surface area contributed by atoms with Crippen LogP contribution in [-0.2, 0) is 34.2 Å². The number of amides is 1. The summed E-state index contributed by atoms with van der Waals surface area (Å²) < 4.78 is 24.9. The van der Waals surface area contributed by atoms with E-state index in [4.69, 9.17) is 0 Å². The maximum Gasteiger partial charge on any atom is 0.242 e. The van der Waals surface area contributed by atoms with E-state index in [0.717, 1.165) is 35.7 Å². The third-order valence-electron chi connectivity index (χ3n) is 5.49. The smallest absolute Gasteiger partial charge is 0.242 e. The molecule has 1 aliphatic heterocycles. The molecule has 144 valence electrons. The molecule has 1 aromatic carbocycles. The Balaban J connectivity index is 1.58. The van der Waals surface area contributed by atoms with Crippen LogP contribution < -0.4 is 5.32 Å². The second-order valence-corrected chi connectivity index (χ2v) is 9.49. The molecule has 2 N–H and O–H groups in total. The van der Waals surface area contributed by atoms with Gasteiger partial charge in [0.05, 0.1) is 11.8 Å². The minimum absolute atomic E-state index is 0.245. The second-order valence-electron chi connectivity index (χ2n) is 7.56. The molecule has 0 fully saturated rings. The van der Waals surface area contributed by atoms with Crippen molar-refractivity contribution >= 4 is 26.8 Å². The molecule has 1 aromatic heterocycles. The quantitative estimate of drug-likeness (QED) is 0.789. The molecule has 2 heterocycles. The number of benzene rings is 1. The number of carbonyl (C=O) groups is 1. The van der Waals surface area contributed by atoms with E-state index in [-0.39, 0.29) is 12.5 Å². The fourth-order valence-corrected chi connectivity index (χ4v) is 5.16. The maximum atomic E-state index is 12.6. The number of rotatable bonds is 4. The Labute approximate surface area is 159 Å². The molecule has 6 nitrogen and oxygen atoms in total. The molecule has 1 atom stereocenters. The number of aromatic nitrogens is 1. The molecule has 1 amide bonds. The molecule has 0 spiro atoms. The summed E-state index contributed by atoms with van der Waals surface area (Å²) in [5, 5.41) is 4.18. The Hall–Kier alpha value is -2.12. The third-order valence-corrected chi connectivity index (χ3v) is 6.72. The number of carbonyl (C=O) groups excluding carboxylic acids is 1. The van der Waals surface area contributed by atoms with Crippen LogP contribution in [-0.4, -0.2) is 42.5 Å². The van der Waals surface area contributed by atoms with Crippen LogP contribution in [0.1, 0.15) is 35.2 Å². The number of nitrogens with zero attached hydrogens (tertiary/aromatic N) is 1. The van der Waals surface area contributed by atoms with Gasteiger partial charge in [-0.15, -0.1) is 0 Å². The van der Waals surface area contributed by atoms with Crippen molar-refractivity contribution in [1.29, 1.82) is 0 Å². The highest BCUT2D eigenvalue weighted by atomic mass is 32.2. The van der Waals surface area contributed by atoms with Crippen molar-refractivity contribution in [2.24, 2.45) is 0 Å². The third kappa shape index (κ3) is 3.41. The van der Waals surface area contributed by atoms with Crippen molar-refractivity contribution in [2.75, 3.05) is 12.8 Å². The van der Waals surface area contributed by atoms with Gasteiger partial charge in [-0.2, -0.15) is 4.31 Å². The van der Waals surface area contributed by atoms with E-state index >= 15 is 0 Å². The lowest BCUT2D eigenvalue weighted by atomic mass is 9.94. The molecule has 0 radical (unpaired) electrons. The monoisotopic (exact) mass is 387 g/mol. The van der Waals surface area contributed by atoms with E-state index in [1.54, 1.807) is 12.2 Å². The van der Waals surface area contributed by atoms with Crippen LogP contribution in [0.25, 0.3) is 10.9 Å². The molecule has 27 heavy (non-hydrogen) atoms. The number of aromatic amines is 1. The second kappa shape index (κ2) is 6.80. The Morgan fingerprint density at radius 3 is 2.85 bits per heavy atom. The van der Waals surface area contributed by atoms with Gasteiger partial charge in [0.2, 0.25) is 15.9 Å². The van der Waals surface area contributed by atoms with Crippen molar-refractivity contribution in [3.05, 3.63) is 46.7 Å². The lowest BCUT2D eigenvalue weighted by molar-refractivity contribution is -0.123. The zero-order valence-corrected chi connectivity index (χ0v) is 16.5. The standard InChI is InChI=1S/C20H25N3O3S/c1-13-10-14(19-16(11-13)15-6-3-4-7-17(15)22-19)12-21-20(24)18-8-5-9-23(18)27(2,25)26/h5,8,10-11,18,22H,3-4,6-7,9,12H2,1-2H3,(H,21,24)/t18-/m1/s1. The first-order chi connectivity index (χ1) is 12.8. The van der Waals surface area contributed by atoms with Crippen LogP contribution in [0.15, 0.2) is 24.3 Å². The number of hydrogen-bond acceptors (Lipinski definition) is 3. The van der Waals surface area contributed by atoms with Gasteiger partial charge in [-0.25, -0.2) is 8.42 Å².